The van der Waals surface area contributed by atoms with E-state index in [1.807, 2.05) is 0 Å². The predicted octanol–water partition coefficient (Wildman–Crippen LogP) is 2.84. The number of rotatable bonds is 4. The number of aromatic nitrogens is 2. The number of nitrogens with one attached hydrogen (secondary N) is 1. The number of nitrogens with two attached hydrogens (primary N) is 1. The van der Waals surface area contributed by atoms with Gasteiger partial charge in [0.15, 0.2) is 5.82 Å². The molecule has 1 aromatic heterocycles. The SMILES string of the molecule is CCOC1(c2nc3c(c(NN)n2)CCCC3)CCCCC1. The molecule has 0 aromatic carbocycles. The smallest absolute Gasteiger partial charge is 0.162 e. The van der Waals surface area contributed by atoms with Gasteiger partial charge in [-0.05, 0) is 45.4 Å². The summed E-state index contributed by atoms with van der Waals surface area (Å²) in [5, 5.41) is 0. The van der Waals surface area contributed by atoms with Crippen LogP contribution in [0.25, 0.3) is 0 Å². The second-order valence-corrected chi connectivity index (χ2v) is 6.16. The molecule has 5 nitrogen and oxygen atoms in total. The molecule has 0 radical (unpaired) electrons. The van der Waals surface area contributed by atoms with Crippen molar-refractivity contribution in [1.82, 2.24) is 9.97 Å². The average Bonchev–Trinajstić information content (AvgIpc) is 2.55. The largest absolute Gasteiger partial charge is 0.367 e. The van der Waals surface area contributed by atoms with Gasteiger partial charge in [0, 0.05) is 17.9 Å². The molecule has 0 unspecified atom stereocenters. The second-order valence-electron chi connectivity index (χ2n) is 6.16. The number of hydrazine groups is 1. The summed E-state index contributed by atoms with van der Waals surface area (Å²) in [4.78, 5) is 9.65. The zero-order valence-electron chi connectivity index (χ0n) is 13.0. The van der Waals surface area contributed by atoms with Gasteiger partial charge in [-0.1, -0.05) is 19.3 Å². The molecule has 2 aliphatic carbocycles. The molecule has 0 amide bonds. The molecule has 2 aliphatic rings. The maximum atomic E-state index is 6.15. The number of aryl methyl sites for hydroxylation is 1. The first-order chi connectivity index (χ1) is 10.3. The Bertz CT molecular complexity index is 475. The Hall–Kier alpha value is -1.20. The van der Waals surface area contributed by atoms with E-state index in [1.54, 1.807) is 0 Å². The molecule has 1 saturated carbocycles. The molecule has 0 aliphatic heterocycles. The van der Waals surface area contributed by atoms with Crippen LogP contribution in [0.4, 0.5) is 5.82 Å². The Morgan fingerprint density at radius 1 is 1.10 bits per heavy atom. The van der Waals surface area contributed by atoms with Crippen molar-refractivity contribution < 1.29 is 4.74 Å². The van der Waals surface area contributed by atoms with Gasteiger partial charge < -0.3 is 10.2 Å². The highest BCUT2D eigenvalue weighted by atomic mass is 16.5. The number of nitrogen functional groups attached to an aromatic ring is 1. The number of fused-ring (bicyclic) bond motifs is 1. The molecule has 3 N–H and O–H groups in total. The number of hydrogen-bond donors (Lipinski definition) is 2. The van der Waals surface area contributed by atoms with Crippen LogP contribution in [-0.2, 0) is 23.2 Å². The number of anilines is 1. The van der Waals surface area contributed by atoms with Gasteiger partial charge in [-0.3, -0.25) is 0 Å². The zero-order chi connectivity index (χ0) is 14.7. The van der Waals surface area contributed by atoms with Crippen LogP contribution >= 0.6 is 0 Å². The first-order valence-corrected chi connectivity index (χ1v) is 8.30. The lowest BCUT2D eigenvalue weighted by Crippen LogP contribution is -2.35. The van der Waals surface area contributed by atoms with Crippen LogP contribution in [0.2, 0.25) is 0 Å². The minimum atomic E-state index is -0.301. The van der Waals surface area contributed by atoms with Crippen molar-refractivity contribution in [3.63, 3.8) is 0 Å². The highest BCUT2D eigenvalue weighted by molar-refractivity contribution is 5.47. The highest BCUT2D eigenvalue weighted by Gasteiger charge is 2.38. The molecule has 1 fully saturated rings. The fourth-order valence-corrected chi connectivity index (χ4v) is 3.75. The molecular formula is C16H26N4O. The Morgan fingerprint density at radius 2 is 1.86 bits per heavy atom. The first kappa shape index (κ1) is 14.7. The quantitative estimate of drug-likeness (QED) is 0.659. The maximum Gasteiger partial charge on any atom is 0.162 e. The fourth-order valence-electron chi connectivity index (χ4n) is 3.75. The Labute approximate surface area is 126 Å². The van der Waals surface area contributed by atoms with Crippen LogP contribution in [0.3, 0.4) is 0 Å². The lowest BCUT2D eigenvalue weighted by molar-refractivity contribution is -0.0767. The third kappa shape index (κ3) is 2.77. The van der Waals surface area contributed by atoms with E-state index in [0.717, 1.165) is 37.3 Å². The Balaban J connectivity index is 2.03. The first-order valence-electron chi connectivity index (χ1n) is 8.30. The van der Waals surface area contributed by atoms with Crippen molar-refractivity contribution in [2.24, 2.45) is 5.84 Å². The summed E-state index contributed by atoms with van der Waals surface area (Å²) < 4.78 is 6.15. The summed E-state index contributed by atoms with van der Waals surface area (Å²) in [6.45, 7) is 2.75. The molecule has 0 spiro atoms. The molecule has 1 aromatic rings. The number of nitrogens with zero attached hydrogens (tertiary/aromatic N) is 2. The Kier molecular flexibility index (Phi) is 4.40. The summed E-state index contributed by atoms with van der Waals surface area (Å²) in [6.07, 6.45) is 10.1. The van der Waals surface area contributed by atoms with Gasteiger partial charge in [0.05, 0.1) is 0 Å². The lowest BCUT2D eigenvalue weighted by atomic mass is 9.83. The van der Waals surface area contributed by atoms with Crippen LogP contribution in [-0.4, -0.2) is 16.6 Å². The van der Waals surface area contributed by atoms with E-state index in [0.29, 0.717) is 6.61 Å². The molecular weight excluding hydrogens is 264 g/mol. The third-order valence-corrected chi connectivity index (χ3v) is 4.81. The molecule has 0 bridgehead atoms. The van der Waals surface area contributed by atoms with E-state index in [1.165, 1.54) is 43.4 Å². The van der Waals surface area contributed by atoms with Crippen LogP contribution in [0, 0.1) is 0 Å². The monoisotopic (exact) mass is 290 g/mol. The summed E-state index contributed by atoms with van der Waals surface area (Å²) in [6, 6.07) is 0. The summed E-state index contributed by atoms with van der Waals surface area (Å²) >= 11 is 0. The predicted molar refractivity (Wildman–Crippen MR) is 82.9 cm³/mol. The zero-order valence-corrected chi connectivity index (χ0v) is 13.0. The van der Waals surface area contributed by atoms with E-state index in [9.17, 15) is 0 Å². The summed E-state index contributed by atoms with van der Waals surface area (Å²) in [5.41, 5.74) is 4.86. The summed E-state index contributed by atoms with van der Waals surface area (Å²) in [7, 11) is 0. The molecule has 0 saturated heterocycles. The highest BCUT2D eigenvalue weighted by Crippen LogP contribution is 2.40. The molecule has 0 atom stereocenters. The van der Waals surface area contributed by atoms with E-state index in [4.69, 9.17) is 20.5 Å². The van der Waals surface area contributed by atoms with Gasteiger partial charge in [0.1, 0.15) is 11.4 Å². The normalized spacial score (nSPS) is 20.9. The standard InChI is InChI=1S/C16H26N4O/c1-2-21-16(10-6-3-7-11-16)15-18-13-9-5-4-8-12(13)14(19-15)20-17/h2-11,17H2,1H3,(H,18,19,20). The fraction of sp³-hybridized carbons (Fsp3) is 0.750. The number of ether oxygens (including phenoxy) is 1. The minimum Gasteiger partial charge on any atom is -0.367 e. The minimum absolute atomic E-state index is 0.301. The van der Waals surface area contributed by atoms with E-state index < -0.39 is 0 Å². The van der Waals surface area contributed by atoms with E-state index in [2.05, 4.69) is 12.3 Å². The van der Waals surface area contributed by atoms with Crippen molar-refractivity contribution in [3.8, 4) is 0 Å². The number of hydrogen-bond acceptors (Lipinski definition) is 5. The van der Waals surface area contributed by atoms with E-state index in [-0.39, 0.29) is 5.60 Å². The van der Waals surface area contributed by atoms with Gasteiger partial charge in [-0.2, -0.15) is 0 Å². The van der Waals surface area contributed by atoms with Gasteiger partial charge >= 0.3 is 0 Å². The van der Waals surface area contributed by atoms with Gasteiger partial charge in [0.25, 0.3) is 0 Å². The second kappa shape index (κ2) is 6.28. The van der Waals surface area contributed by atoms with Gasteiger partial charge in [0.2, 0.25) is 0 Å². The maximum absolute atomic E-state index is 6.15. The molecule has 116 valence electrons. The lowest BCUT2D eigenvalue weighted by Gasteiger charge is -2.36. The topological polar surface area (TPSA) is 73.1 Å². The molecule has 1 heterocycles. The van der Waals surface area contributed by atoms with Crippen molar-refractivity contribution in [3.05, 3.63) is 17.1 Å². The average molecular weight is 290 g/mol. The molecule has 5 heteroatoms. The summed E-state index contributed by atoms with van der Waals surface area (Å²) in [5.74, 6) is 7.36. The van der Waals surface area contributed by atoms with Crippen LogP contribution in [0.1, 0.15) is 69.0 Å². The van der Waals surface area contributed by atoms with Crippen LogP contribution < -0.4 is 11.3 Å². The third-order valence-electron chi connectivity index (χ3n) is 4.81. The van der Waals surface area contributed by atoms with Crippen molar-refractivity contribution in [2.75, 3.05) is 12.0 Å². The van der Waals surface area contributed by atoms with Crippen molar-refractivity contribution >= 4 is 5.82 Å². The van der Waals surface area contributed by atoms with E-state index >= 15 is 0 Å². The Morgan fingerprint density at radius 3 is 2.57 bits per heavy atom. The van der Waals surface area contributed by atoms with Gasteiger partial charge in [-0.25, -0.2) is 15.8 Å². The van der Waals surface area contributed by atoms with Crippen LogP contribution in [0.15, 0.2) is 0 Å². The van der Waals surface area contributed by atoms with Gasteiger partial charge in [-0.15, -0.1) is 0 Å². The van der Waals surface area contributed by atoms with Crippen molar-refractivity contribution in [2.45, 2.75) is 70.3 Å². The van der Waals surface area contributed by atoms with Crippen molar-refractivity contribution in [1.29, 1.82) is 0 Å². The molecule has 3 rings (SSSR count). The van der Waals surface area contributed by atoms with Crippen LogP contribution in [0.5, 0.6) is 0 Å². The molecule has 21 heavy (non-hydrogen) atoms.